The molecule has 0 fully saturated rings. The molecule has 0 saturated heterocycles. The molecule has 3 rings (SSSR count). The van der Waals surface area contributed by atoms with Crippen molar-refractivity contribution in [2.24, 2.45) is 0 Å². The van der Waals surface area contributed by atoms with E-state index in [1.54, 1.807) is 7.11 Å². The predicted octanol–water partition coefficient (Wildman–Crippen LogP) is 4.63. The largest absolute Gasteiger partial charge is 0.497 e. The molecule has 124 valence electrons. The van der Waals surface area contributed by atoms with Gasteiger partial charge in [-0.15, -0.1) is 0 Å². The average molecular weight is 321 g/mol. The summed E-state index contributed by atoms with van der Waals surface area (Å²) < 4.78 is 5.26. The summed E-state index contributed by atoms with van der Waals surface area (Å²) in [5.41, 5.74) is 6.45. The lowest BCUT2D eigenvalue weighted by Crippen LogP contribution is -2.37. The standard InChI is InChI=1S/C21H23NO2/c1-14(2)11-16-5-6-18(12-15(16)3)22-10-9-17-13-19(24-4)7-8-20(17)21(22)23/h5-8,11-13H,9-10H2,1-4H3. The summed E-state index contributed by atoms with van der Waals surface area (Å²) in [5, 5.41) is 0. The smallest absolute Gasteiger partial charge is 0.258 e. The summed E-state index contributed by atoms with van der Waals surface area (Å²) in [4.78, 5) is 14.7. The van der Waals surface area contributed by atoms with E-state index in [4.69, 9.17) is 4.74 Å². The van der Waals surface area contributed by atoms with Crippen LogP contribution in [0.25, 0.3) is 6.08 Å². The monoisotopic (exact) mass is 321 g/mol. The number of hydrogen-bond donors (Lipinski definition) is 0. The molecule has 0 unspecified atom stereocenters. The Morgan fingerprint density at radius 2 is 1.96 bits per heavy atom. The van der Waals surface area contributed by atoms with E-state index in [0.29, 0.717) is 6.54 Å². The van der Waals surface area contributed by atoms with Gasteiger partial charge in [0, 0.05) is 17.8 Å². The second-order valence-electron chi connectivity index (χ2n) is 6.49. The summed E-state index contributed by atoms with van der Waals surface area (Å²) in [6.07, 6.45) is 3.01. The van der Waals surface area contributed by atoms with Crippen molar-refractivity contribution in [3.8, 4) is 5.75 Å². The van der Waals surface area contributed by atoms with Crippen molar-refractivity contribution in [1.82, 2.24) is 0 Å². The molecule has 1 amide bonds. The molecule has 1 aliphatic rings. The van der Waals surface area contributed by atoms with E-state index in [2.05, 4.69) is 39.0 Å². The van der Waals surface area contributed by atoms with Crippen LogP contribution in [0.2, 0.25) is 0 Å². The highest BCUT2D eigenvalue weighted by Crippen LogP contribution is 2.28. The van der Waals surface area contributed by atoms with Gasteiger partial charge in [0.1, 0.15) is 5.75 Å². The Balaban J connectivity index is 1.92. The number of ether oxygens (including phenoxy) is 1. The fourth-order valence-electron chi connectivity index (χ4n) is 3.14. The highest BCUT2D eigenvalue weighted by molar-refractivity contribution is 6.08. The summed E-state index contributed by atoms with van der Waals surface area (Å²) in [5.74, 6) is 0.866. The minimum Gasteiger partial charge on any atom is -0.497 e. The number of carbonyl (C=O) groups excluding carboxylic acids is 1. The maximum atomic E-state index is 12.9. The third-order valence-electron chi connectivity index (χ3n) is 4.40. The van der Waals surface area contributed by atoms with E-state index in [-0.39, 0.29) is 5.91 Å². The van der Waals surface area contributed by atoms with E-state index >= 15 is 0 Å². The van der Waals surface area contributed by atoms with E-state index in [1.165, 1.54) is 16.7 Å². The molecule has 2 aromatic rings. The molecule has 0 spiro atoms. The molecule has 1 aliphatic heterocycles. The van der Waals surface area contributed by atoms with Crippen molar-refractivity contribution < 1.29 is 9.53 Å². The highest BCUT2D eigenvalue weighted by atomic mass is 16.5. The lowest BCUT2D eigenvalue weighted by atomic mass is 9.97. The SMILES string of the molecule is COc1ccc2c(c1)CCN(c1ccc(C=C(C)C)c(C)c1)C2=O. The summed E-state index contributed by atoms with van der Waals surface area (Å²) >= 11 is 0. The molecule has 0 aliphatic carbocycles. The Kier molecular flexibility index (Phi) is 4.43. The Morgan fingerprint density at radius 3 is 2.62 bits per heavy atom. The van der Waals surface area contributed by atoms with E-state index in [0.717, 1.165) is 29.0 Å². The Morgan fingerprint density at radius 1 is 1.17 bits per heavy atom. The lowest BCUT2D eigenvalue weighted by Gasteiger charge is -2.29. The van der Waals surface area contributed by atoms with Crippen LogP contribution in [0.15, 0.2) is 42.0 Å². The number of amides is 1. The van der Waals surface area contributed by atoms with E-state index in [9.17, 15) is 4.79 Å². The molecule has 3 heteroatoms. The molecule has 24 heavy (non-hydrogen) atoms. The van der Waals surface area contributed by atoms with Gasteiger partial charge >= 0.3 is 0 Å². The molecular weight excluding hydrogens is 298 g/mol. The van der Waals surface area contributed by atoms with Gasteiger partial charge in [-0.05, 0) is 74.2 Å². The van der Waals surface area contributed by atoms with Crippen molar-refractivity contribution >= 4 is 17.7 Å². The number of anilines is 1. The third kappa shape index (κ3) is 3.07. The number of rotatable bonds is 3. The highest BCUT2D eigenvalue weighted by Gasteiger charge is 2.25. The van der Waals surface area contributed by atoms with Gasteiger partial charge in [-0.25, -0.2) is 0 Å². The van der Waals surface area contributed by atoms with Crippen molar-refractivity contribution in [1.29, 1.82) is 0 Å². The number of hydrogen-bond acceptors (Lipinski definition) is 2. The number of allylic oxidation sites excluding steroid dienone is 1. The lowest BCUT2D eigenvalue weighted by molar-refractivity contribution is 0.0980. The predicted molar refractivity (Wildman–Crippen MR) is 98.9 cm³/mol. The normalized spacial score (nSPS) is 13.5. The Hall–Kier alpha value is -2.55. The summed E-state index contributed by atoms with van der Waals surface area (Å²) in [7, 11) is 1.65. The van der Waals surface area contributed by atoms with Crippen LogP contribution in [0, 0.1) is 6.92 Å². The van der Waals surface area contributed by atoms with Crippen LogP contribution >= 0.6 is 0 Å². The summed E-state index contributed by atoms with van der Waals surface area (Å²) in [6.45, 7) is 6.96. The molecule has 0 saturated carbocycles. The van der Waals surface area contributed by atoms with Crippen LogP contribution in [-0.2, 0) is 6.42 Å². The molecule has 0 N–H and O–H groups in total. The molecule has 1 heterocycles. The van der Waals surface area contributed by atoms with E-state index in [1.807, 2.05) is 29.2 Å². The minimum absolute atomic E-state index is 0.0632. The van der Waals surface area contributed by atoms with Gasteiger partial charge in [0.15, 0.2) is 0 Å². The molecule has 0 radical (unpaired) electrons. The molecule has 0 aromatic heterocycles. The maximum absolute atomic E-state index is 12.9. The van der Waals surface area contributed by atoms with Gasteiger partial charge in [0.25, 0.3) is 5.91 Å². The van der Waals surface area contributed by atoms with Crippen molar-refractivity contribution in [2.45, 2.75) is 27.2 Å². The third-order valence-corrected chi connectivity index (χ3v) is 4.40. The fourth-order valence-corrected chi connectivity index (χ4v) is 3.14. The molecular formula is C21H23NO2. The first-order chi connectivity index (χ1) is 11.5. The number of aryl methyl sites for hydroxylation is 1. The molecule has 0 atom stereocenters. The van der Waals surface area contributed by atoms with Gasteiger partial charge in [0.05, 0.1) is 7.11 Å². The topological polar surface area (TPSA) is 29.5 Å². The zero-order chi connectivity index (χ0) is 17.3. The maximum Gasteiger partial charge on any atom is 0.258 e. The van der Waals surface area contributed by atoms with Gasteiger partial charge < -0.3 is 9.64 Å². The van der Waals surface area contributed by atoms with Crippen LogP contribution in [-0.4, -0.2) is 19.6 Å². The number of nitrogens with zero attached hydrogens (tertiary/aromatic N) is 1. The average Bonchev–Trinajstić information content (AvgIpc) is 2.56. The Bertz CT molecular complexity index is 817. The number of benzene rings is 2. The first-order valence-corrected chi connectivity index (χ1v) is 8.24. The quantitative estimate of drug-likeness (QED) is 0.825. The van der Waals surface area contributed by atoms with Crippen LogP contribution in [0.3, 0.4) is 0 Å². The molecule has 0 bridgehead atoms. The zero-order valence-electron chi connectivity index (χ0n) is 14.7. The Labute approximate surface area is 143 Å². The molecule has 3 nitrogen and oxygen atoms in total. The van der Waals surface area contributed by atoms with Gasteiger partial charge in [0.2, 0.25) is 0 Å². The second-order valence-corrected chi connectivity index (χ2v) is 6.49. The van der Waals surface area contributed by atoms with Crippen LogP contribution in [0.1, 0.15) is 40.9 Å². The minimum atomic E-state index is 0.0632. The fraction of sp³-hybridized carbons (Fsp3) is 0.286. The van der Waals surface area contributed by atoms with Gasteiger partial charge in [-0.2, -0.15) is 0 Å². The zero-order valence-corrected chi connectivity index (χ0v) is 14.7. The first kappa shape index (κ1) is 16.3. The van der Waals surface area contributed by atoms with Crippen molar-refractivity contribution in [3.63, 3.8) is 0 Å². The van der Waals surface area contributed by atoms with E-state index < -0.39 is 0 Å². The number of methoxy groups -OCH3 is 1. The van der Waals surface area contributed by atoms with Gasteiger partial charge in [-0.1, -0.05) is 17.7 Å². The van der Waals surface area contributed by atoms with Gasteiger partial charge in [-0.3, -0.25) is 4.79 Å². The number of fused-ring (bicyclic) bond motifs is 1. The first-order valence-electron chi connectivity index (χ1n) is 8.24. The van der Waals surface area contributed by atoms with Crippen molar-refractivity contribution in [2.75, 3.05) is 18.6 Å². The summed E-state index contributed by atoms with van der Waals surface area (Å²) in [6, 6.07) is 11.9. The van der Waals surface area contributed by atoms with Crippen LogP contribution in [0.5, 0.6) is 5.75 Å². The van der Waals surface area contributed by atoms with Crippen molar-refractivity contribution in [3.05, 3.63) is 64.2 Å². The second kappa shape index (κ2) is 6.52. The van der Waals surface area contributed by atoms with Crippen LogP contribution in [0.4, 0.5) is 5.69 Å². The number of carbonyl (C=O) groups is 1. The molecule has 2 aromatic carbocycles. The van der Waals surface area contributed by atoms with Crippen LogP contribution < -0.4 is 9.64 Å².